The SMILES string of the molecule is C1=CC(c2ccc3c(c2)c2ccccc2n3-c2cc3ccccc3c3ccccc23)=C2Sc3ccccc3C2C1. The number of hydrogen-bond acceptors (Lipinski definition) is 1. The number of rotatable bonds is 2. The lowest BCUT2D eigenvalue weighted by Crippen LogP contribution is -2.01. The van der Waals surface area contributed by atoms with Crippen LogP contribution in [0.1, 0.15) is 23.5 Å². The summed E-state index contributed by atoms with van der Waals surface area (Å²) in [5, 5.41) is 7.72. The Balaban J connectivity index is 1.31. The average Bonchev–Trinajstić information content (AvgIpc) is 3.56. The molecule has 40 heavy (non-hydrogen) atoms. The van der Waals surface area contributed by atoms with E-state index in [1.807, 2.05) is 11.8 Å². The van der Waals surface area contributed by atoms with E-state index >= 15 is 0 Å². The fraction of sp³-hybridized carbons (Fsp3) is 0.0526. The van der Waals surface area contributed by atoms with E-state index in [1.165, 1.54) is 75.5 Å². The van der Waals surface area contributed by atoms with Crippen LogP contribution < -0.4 is 0 Å². The molecule has 1 aliphatic carbocycles. The molecule has 1 aliphatic heterocycles. The quantitative estimate of drug-likeness (QED) is 0.202. The van der Waals surface area contributed by atoms with Crippen molar-refractivity contribution in [2.45, 2.75) is 17.2 Å². The van der Waals surface area contributed by atoms with Gasteiger partial charge in [-0.25, -0.2) is 0 Å². The van der Waals surface area contributed by atoms with Gasteiger partial charge >= 0.3 is 0 Å². The first-order valence-electron chi connectivity index (χ1n) is 14.0. The number of nitrogens with zero attached hydrogens (tertiary/aromatic N) is 1. The van der Waals surface area contributed by atoms with Crippen molar-refractivity contribution in [3.8, 4) is 5.69 Å². The van der Waals surface area contributed by atoms with Crippen molar-refractivity contribution in [2.24, 2.45) is 0 Å². The van der Waals surface area contributed by atoms with Crippen molar-refractivity contribution in [1.29, 1.82) is 0 Å². The van der Waals surface area contributed by atoms with E-state index < -0.39 is 0 Å². The first-order valence-corrected chi connectivity index (χ1v) is 14.8. The van der Waals surface area contributed by atoms with Crippen molar-refractivity contribution >= 4 is 60.7 Å². The molecule has 0 saturated heterocycles. The van der Waals surface area contributed by atoms with Gasteiger partial charge in [-0.05, 0) is 69.6 Å². The highest BCUT2D eigenvalue weighted by atomic mass is 32.2. The number of para-hydroxylation sites is 1. The van der Waals surface area contributed by atoms with Gasteiger partial charge in [0.1, 0.15) is 0 Å². The Morgan fingerprint density at radius 3 is 2.25 bits per heavy atom. The molecule has 0 fully saturated rings. The van der Waals surface area contributed by atoms with Crippen LogP contribution in [-0.2, 0) is 0 Å². The van der Waals surface area contributed by atoms with Crippen LogP contribution in [0.2, 0.25) is 0 Å². The standard InChI is InChI=1S/C38H25NS/c1-2-11-26-24(10-1)23-36(29-13-4-3-12-28(26)29)39-34-18-7-5-14-30(34)33-22-25(20-21-35(33)39)27-16-9-17-32-31-15-6-8-19-37(31)40-38(27)32/h1-16,18-23,32H,17H2. The Hall–Kier alpha value is -4.53. The Morgan fingerprint density at radius 1 is 0.600 bits per heavy atom. The largest absolute Gasteiger partial charge is 0.309 e. The molecule has 7 aromatic rings. The first kappa shape index (κ1) is 22.3. The molecule has 9 rings (SSSR count). The maximum atomic E-state index is 2.47. The smallest absolute Gasteiger partial charge is 0.0546 e. The van der Waals surface area contributed by atoms with Gasteiger partial charge < -0.3 is 4.57 Å². The zero-order chi connectivity index (χ0) is 26.2. The minimum Gasteiger partial charge on any atom is -0.309 e. The number of hydrogen-bond donors (Lipinski definition) is 0. The van der Waals surface area contributed by atoms with Crippen molar-refractivity contribution < 1.29 is 0 Å². The second-order valence-electron chi connectivity index (χ2n) is 10.9. The van der Waals surface area contributed by atoms with Crippen LogP contribution in [0, 0.1) is 0 Å². The van der Waals surface area contributed by atoms with E-state index in [4.69, 9.17) is 0 Å². The summed E-state index contributed by atoms with van der Waals surface area (Å²) in [5.74, 6) is 0.474. The highest BCUT2D eigenvalue weighted by Gasteiger charge is 2.31. The van der Waals surface area contributed by atoms with Gasteiger partial charge in [-0.3, -0.25) is 0 Å². The highest BCUT2D eigenvalue weighted by Crippen LogP contribution is 2.55. The molecular weight excluding hydrogens is 502 g/mol. The summed E-state index contributed by atoms with van der Waals surface area (Å²) in [5.41, 5.74) is 7.87. The van der Waals surface area contributed by atoms with Crippen LogP contribution in [0.3, 0.4) is 0 Å². The van der Waals surface area contributed by atoms with Gasteiger partial charge in [-0.15, -0.1) is 0 Å². The van der Waals surface area contributed by atoms with E-state index in [1.54, 1.807) is 0 Å². The lowest BCUT2D eigenvalue weighted by atomic mass is 9.87. The maximum absolute atomic E-state index is 2.47. The Morgan fingerprint density at radius 2 is 1.32 bits per heavy atom. The van der Waals surface area contributed by atoms with Crippen LogP contribution in [0.25, 0.3) is 54.6 Å². The molecule has 188 valence electrons. The third-order valence-corrected chi connectivity index (χ3v) is 10.0. The number of aromatic nitrogens is 1. The first-order chi connectivity index (χ1) is 19.8. The van der Waals surface area contributed by atoms with E-state index in [-0.39, 0.29) is 0 Å². The minimum absolute atomic E-state index is 0.474. The molecule has 2 heteroatoms. The minimum atomic E-state index is 0.474. The van der Waals surface area contributed by atoms with Gasteiger partial charge in [0.2, 0.25) is 0 Å². The van der Waals surface area contributed by atoms with E-state index in [2.05, 4.69) is 138 Å². The van der Waals surface area contributed by atoms with Gasteiger partial charge in [-0.2, -0.15) is 0 Å². The second-order valence-corrected chi connectivity index (χ2v) is 11.9. The molecule has 6 aromatic carbocycles. The zero-order valence-corrected chi connectivity index (χ0v) is 22.7. The number of thioether (sulfide) groups is 1. The van der Waals surface area contributed by atoms with E-state index in [0.717, 1.165) is 6.42 Å². The molecule has 1 aromatic heterocycles. The molecule has 2 heterocycles. The summed E-state index contributed by atoms with van der Waals surface area (Å²) in [6.07, 6.45) is 5.79. The molecule has 0 saturated carbocycles. The third kappa shape index (κ3) is 3.11. The zero-order valence-electron chi connectivity index (χ0n) is 21.8. The van der Waals surface area contributed by atoms with E-state index in [9.17, 15) is 0 Å². The average molecular weight is 528 g/mol. The lowest BCUT2D eigenvalue weighted by molar-refractivity contribution is 0.841. The summed E-state index contributed by atoms with van der Waals surface area (Å²) in [4.78, 5) is 2.90. The fourth-order valence-electron chi connectivity index (χ4n) is 6.93. The summed E-state index contributed by atoms with van der Waals surface area (Å²) < 4.78 is 2.47. The Bertz CT molecular complexity index is 2230. The third-order valence-electron chi connectivity index (χ3n) is 8.72. The molecule has 0 radical (unpaired) electrons. The van der Waals surface area contributed by atoms with Crippen LogP contribution >= 0.6 is 11.8 Å². The monoisotopic (exact) mass is 527 g/mol. The van der Waals surface area contributed by atoms with Gasteiger partial charge in [0.15, 0.2) is 0 Å². The van der Waals surface area contributed by atoms with E-state index in [0.29, 0.717) is 5.92 Å². The molecule has 0 bridgehead atoms. The topological polar surface area (TPSA) is 4.93 Å². The molecule has 2 aliphatic rings. The summed E-state index contributed by atoms with van der Waals surface area (Å²) in [7, 11) is 0. The predicted octanol–water partition coefficient (Wildman–Crippen LogP) is 10.7. The van der Waals surface area contributed by atoms with Gasteiger partial charge in [0.05, 0.1) is 16.7 Å². The van der Waals surface area contributed by atoms with Gasteiger partial charge in [-0.1, -0.05) is 115 Å². The summed E-state index contributed by atoms with van der Waals surface area (Å²) in [6.45, 7) is 0. The van der Waals surface area contributed by atoms with Crippen LogP contribution in [0.4, 0.5) is 0 Å². The fourth-order valence-corrected chi connectivity index (χ4v) is 8.30. The molecule has 1 nitrogen and oxygen atoms in total. The second kappa shape index (κ2) is 8.48. The molecule has 0 spiro atoms. The maximum Gasteiger partial charge on any atom is 0.0546 e. The number of benzene rings is 6. The number of fused-ring (bicyclic) bond motifs is 9. The molecule has 0 amide bonds. The Kier molecular flexibility index (Phi) is 4.73. The summed E-state index contributed by atoms with van der Waals surface area (Å²) in [6, 6.07) is 44.8. The highest BCUT2D eigenvalue weighted by molar-refractivity contribution is 8.03. The summed E-state index contributed by atoms with van der Waals surface area (Å²) >= 11 is 1.96. The van der Waals surface area contributed by atoms with Crippen molar-refractivity contribution in [1.82, 2.24) is 4.57 Å². The van der Waals surface area contributed by atoms with Crippen LogP contribution in [-0.4, -0.2) is 4.57 Å². The molecular formula is C38H25NS. The Labute approximate surface area is 237 Å². The molecule has 1 atom stereocenters. The molecule has 0 N–H and O–H groups in total. The lowest BCUT2D eigenvalue weighted by Gasteiger charge is -2.19. The predicted molar refractivity (Wildman–Crippen MR) is 172 cm³/mol. The van der Waals surface area contributed by atoms with Crippen molar-refractivity contribution in [2.75, 3.05) is 0 Å². The van der Waals surface area contributed by atoms with Crippen LogP contribution in [0.15, 0.2) is 143 Å². The van der Waals surface area contributed by atoms with Gasteiger partial charge in [0, 0.05) is 31.9 Å². The number of allylic oxidation sites excluding steroid dienone is 4. The normalized spacial score (nSPS) is 16.4. The van der Waals surface area contributed by atoms with Crippen molar-refractivity contribution in [3.63, 3.8) is 0 Å². The van der Waals surface area contributed by atoms with Crippen LogP contribution in [0.5, 0.6) is 0 Å². The van der Waals surface area contributed by atoms with Gasteiger partial charge in [0.25, 0.3) is 0 Å². The van der Waals surface area contributed by atoms with Crippen molar-refractivity contribution in [3.05, 3.63) is 150 Å². The molecule has 1 unspecified atom stereocenters.